The highest BCUT2D eigenvalue weighted by Gasteiger charge is 2.37. The lowest BCUT2D eigenvalue weighted by atomic mass is 10.2. The Hall–Kier alpha value is 0.0200. The average molecular weight is 301 g/mol. The van der Waals surface area contributed by atoms with Gasteiger partial charge < -0.3 is 11.1 Å². The molecule has 0 spiro atoms. The first-order valence-electron chi connectivity index (χ1n) is 5.27. The Balaban J connectivity index is 2.32. The van der Waals surface area contributed by atoms with E-state index >= 15 is 0 Å². The first-order valence-corrected chi connectivity index (χ1v) is 8.68. The van der Waals surface area contributed by atoms with Crippen molar-refractivity contribution in [3.8, 4) is 0 Å². The van der Waals surface area contributed by atoms with Crippen LogP contribution < -0.4 is 11.1 Å². The summed E-state index contributed by atoms with van der Waals surface area (Å²) in [5.41, 5.74) is 5.55. The molecule has 0 aromatic carbocycles. The number of nitrogens with two attached hydrogens (primary N) is 1. The topological polar surface area (TPSA) is 89.3 Å². The second-order valence-corrected chi connectivity index (χ2v) is 8.00. The molecule has 0 aromatic heterocycles. The van der Waals surface area contributed by atoms with Crippen LogP contribution in [0.2, 0.25) is 0 Å². The summed E-state index contributed by atoms with van der Waals surface area (Å²) in [6.45, 7) is 1.86. The monoisotopic (exact) mass is 300 g/mol. The number of carbonyl (C=O) groups excluding carboxylic acids is 1. The van der Waals surface area contributed by atoms with Crippen LogP contribution in [0.25, 0.3) is 0 Å². The van der Waals surface area contributed by atoms with Crippen LogP contribution in [0.1, 0.15) is 6.92 Å². The van der Waals surface area contributed by atoms with Crippen molar-refractivity contribution in [2.45, 2.75) is 24.4 Å². The Bertz CT molecular complexity index is 372. The van der Waals surface area contributed by atoms with Crippen LogP contribution >= 0.6 is 23.4 Å². The maximum absolute atomic E-state index is 11.5. The van der Waals surface area contributed by atoms with E-state index in [9.17, 15) is 13.2 Å². The summed E-state index contributed by atoms with van der Waals surface area (Å²) < 4.78 is 22.6. The fourth-order valence-electron chi connectivity index (χ4n) is 1.52. The van der Waals surface area contributed by atoms with Gasteiger partial charge in [0.05, 0.1) is 28.7 Å². The van der Waals surface area contributed by atoms with E-state index in [0.29, 0.717) is 5.75 Å². The lowest BCUT2D eigenvalue weighted by Crippen LogP contribution is -2.41. The van der Waals surface area contributed by atoms with Crippen LogP contribution in [0.3, 0.4) is 0 Å². The third-order valence-electron chi connectivity index (χ3n) is 2.24. The van der Waals surface area contributed by atoms with Crippen LogP contribution in [-0.2, 0) is 14.6 Å². The van der Waals surface area contributed by atoms with Crippen molar-refractivity contribution in [3.63, 3.8) is 0 Å². The Labute approximate surface area is 111 Å². The smallest absolute Gasteiger partial charge is 0.230 e. The van der Waals surface area contributed by atoms with Crippen molar-refractivity contribution in [1.82, 2.24) is 5.32 Å². The number of carbonyl (C=O) groups is 1. The van der Waals surface area contributed by atoms with Gasteiger partial charge in [0.25, 0.3) is 0 Å². The number of alkyl halides is 1. The number of hydrogen-bond acceptors (Lipinski definition) is 5. The molecule has 0 aliphatic carbocycles. The zero-order valence-corrected chi connectivity index (χ0v) is 11.9. The molecule has 17 heavy (non-hydrogen) atoms. The van der Waals surface area contributed by atoms with E-state index in [4.69, 9.17) is 17.3 Å². The lowest BCUT2D eigenvalue weighted by molar-refractivity contribution is -0.119. The van der Waals surface area contributed by atoms with Gasteiger partial charge in [-0.3, -0.25) is 4.79 Å². The van der Waals surface area contributed by atoms with E-state index in [-0.39, 0.29) is 29.2 Å². The molecule has 0 aromatic rings. The molecule has 0 bridgehead atoms. The van der Waals surface area contributed by atoms with Crippen LogP contribution in [0, 0.1) is 0 Å². The van der Waals surface area contributed by atoms with Crippen molar-refractivity contribution in [3.05, 3.63) is 0 Å². The van der Waals surface area contributed by atoms with Crippen LogP contribution in [-0.4, -0.2) is 54.8 Å². The molecule has 8 heteroatoms. The van der Waals surface area contributed by atoms with Gasteiger partial charge in [0.1, 0.15) is 0 Å². The van der Waals surface area contributed by atoms with Gasteiger partial charge >= 0.3 is 0 Å². The Morgan fingerprint density at radius 1 is 1.59 bits per heavy atom. The summed E-state index contributed by atoms with van der Waals surface area (Å²) in [7, 11) is -3.10. The number of sulfone groups is 1. The first-order chi connectivity index (χ1) is 7.80. The van der Waals surface area contributed by atoms with Crippen LogP contribution in [0.5, 0.6) is 0 Å². The minimum atomic E-state index is -3.10. The number of amides is 1. The quantitative estimate of drug-likeness (QED) is 0.674. The van der Waals surface area contributed by atoms with Crippen molar-refractivity contribution in [2.24, 2.45) is 5.73 Å². The highest BCUT2D eigenvalue weighted by atomic mass is 35.5. The first kappa shape index (κ1) is 15.1. The predicted octanol–water partition coefficient (Wildman–Crippen LogP) is -0.413. The normalized spacial score (nSPS) is 28.9. The third-order valence-corrected chi connectivity index (χ3v) is 5.85. The van der Waals surface area contributed by atoms with Gasteiger partial charge in [-0.1, -0.05) is 0 Å². The Morgan fingerprint density at radius 2 is 2.24 bits per heavy atom. The summed E-state index contributed by atoms with van der Waals surface area (Å²) in [6, 6.07) is -0.425. The van der Waals surface area contributed by atoms with Gasteiger partial charge in [-0.2, -0.15) is 11.8 Å². The zero-order valence-electron chi connectivity index (χ0n) is 9.56. The average Bonchev–Trinajstić information content (AvgIpc) is 2.38. The maximum Gasteiger partial charge on any atom is 0.230 e. The fraction of sp³-hybridized carbons (Fsp3) is 0.889. The predicted molar refractivity (Wildman–Crippen MR) is 71.2 cm³/mol. The molecule has 0 radical (unpaired) electrons. The summed E-state index contributed by atoms with van der Waals surface area (Å²) in [4.78, 5) is 11.5. The third kappa shape index (κ3) is 5.46. The molecule has 1 saturated heterocycles. The van der Waals surface area contributed by atoms with E-state index < -0.39 is 21.3 Å². The molecular weight excluding hydrogens is 284 g/mol. The molecule has 1 aliphatic heterocycles. The number of thioether (sulfide) groups is 1. The number of halogens is 1. The highest BCUT2D eigenvalue weighted by molar-refractivity contribution is 8.00. The molecule has 3 unspecified atom stereocenters. The summed E-state index contributed by atoms with van der Waals surface area (Å²) in [5, 5.41) is 2.12. The molecule has 1 amide bonds. The van der Waals surface area contributed by atoms with Crippen LogP contribution in [0.15, 0.2) is 0 Å². The van der Waals surface area contributed by atoms with Crippen LogP contribution in [0.4, 0.5) is 0 Å². The SMILES string of the molecule is CC(N)CSCC(=O)NC1CS(=O)(=O)CC1Cl. The summed E-state index contributed by atoms with van der Waals surface area (Å²) in [6.07, 6.45) is 0. The molecule has 1 aliphatic rings. The van der Waals surface area contributed by atoms with E-state index in [1.165, 1.54) is 11.8 Å². The summed E-state index contributed by atoms with van der Waals surface area (Å²) >= 11 is 7.29. The van der Waals surface area contributed by atoms with Gasteiger partial charge in [-0.05, 0) is 6.92 Å². The number of nitrogens with one attached hydrogen (secondary N) is 1. The van der Waals surface area contributed by atoms with E-state index in [2.05, 4.69) is 5.32 Å². The largest absolute Gasteiger partial charge is 0.350 e. The maximum atomic E-state index is 11.5. The van der Waals surface area contributed by atoms with Gasteiger partial charge in [0, 0.05) is 11.8 Å². The number of hydrogen-bond donors (Lipinski definition) is 2. The van der Waals surface area contributed by atoms with Crippen molar-refractivity contribution in [1.29, 1.82) is 0 Å². The second-order valence-electron chi connectivity index (χ2n) is 4.26. The lowest BCUT2D eigenvalue weighted by Gasteiger charge is -2.14. The molecule has 3 N–H and O–H groups in total. The van der Waals surface area contributed by atoms with Crippen molar-refractivity contribution in [2.75, 3.05) is 23.0 Å². The molecule has 1 fully saturated rings. The van der Waals surface area contributed by atoms with Crippen molar-refractivity contribution >= 4 is 39.1 Å². The number of rotatable bonds is 5. The van der Waals surface area contributed by atoms with Gasteiger partial charge in [0.2, 0.25) is 5.91 Å². The van der Waals surface area contributed by atoms with Gasteiger partial charge in [-0.15, -0.1) is 11.6 Å². The minimum Gasteiger partial charge on any atom is -0.350 e. The Kier molecular flexibility index (Phi) is 5.56. The standard InChI is InChI=1S/C9H17ClN2O3S2/c1-6(11)2-16-3-9(13)12-8-5-17(14,15)4-7(8)10/h6-8H,2-5,11H2,1H3,(H,12,13). The van der Waals surface area contributed by atoms with E-state index in [1.54, 1.807) is 0 Å². The summed E-state index contributed by atoms with van der Waals surface area (Å²) in [5.74, 6) is 0.656. The molecule has 1 rings (SSSR count). The molecule has 5 nitrogen and oxygen atoms in total. The zero-order chi connectivity index (χ0) is 13.1. The highest BCUT2D eigenvalue weighted by Crippen LogP contribution is 2.18. The van der Waals surface area contributed by atoms with Gasteiger partial charge in [-0.25, -0.2) is 8.42 Å². The van der Waals surface area contributed by atoms with E-state index in [1.807, 2.05) is 6.92 Å². The second kappa shape index (κ2) is 6.26. The van der Waals surface area contributed by atoms with E-state index in [0.717, 1.165) is 0 Å². The fourth-order valence-corrected chi connectivity index (χ4v) is 4.83. The molecule has 1 heterocycles. The Morgan fingerprint density at radius 3 is 2.71 bits per heavy atom. The molecular formula is C9H17ClN2O3S2. The van der Waals surface area contributed by atoms with Crippen molar-refractivity contribution < 1.29 is 13.2 Å². The van der Waals surface area contributed by atoms with Gasteiger partial charge in [0.15, 0.2) is 9.84 Å². The molecule has 0 saturated carbocycles. The minimum absolute atomic E-state index is 0.0421. The molecule has 3 atom stereocenters. The molecule has 100 valence electrons.